The first-order valence-electron chi connectivity index (χ1n) is 8.47. The number of carbonyl (C=O) groups is 1. The van der Waals surface area contributed by atoms with Crippen molar-refractivity contribution in [2.24, 2.45) is 0 Å². The molecule has 1 aliphatic rings. The number of benzene rings is 2. The quantitative estimate of drug-likeness (QED) is 0.766. The number of fused-ring (bicyclic) bond motifs is 1. The number of sulfone groups is 1. The highest BCUT2D eigenvalue weighted by Gasteiger charge is 2.46. The van der Waals surface area contributed by atoms with Gasteiger partial charge < -0.3 is 9.64 Å². The van der Waals surface area contributed by atoms with Crippen LogP contribution in [0, 0.1) is 6.92 Å². The van der Waals surface area contributed by atoms with Gasteiger partial charge in [-0.15, -0.1) is 0 Å². The lowest BCUT2D eigenvalue weighted by molar-refractivity contribution is -0.0436. The third-order valence-electron chi connectivity index (χ3n) is 4.74. The number of aryl methyl sites for hydroxylation is 1. The molecule has 0 fully saturated rings. The Hall–Kier alpha value is -2.55. The standard InChI is InChI=1S/C19H18F3NO4S/c1-12-5-10-16(27-2)17-15(12)4-3-11-23(17)18(24)13-6-8-14(9-7-13)28(25,26)19(20,21)22/h5-10H,3-4,11H2,1-2H3. The van der Waals surface area contributed by atoms with E-state index < -0.39 is 26.1 Å². The summed E-state index contributed by atoms with van der Waals surface area (Å²) in [6.45, 7) is 2.36. The van der Waals surface area contributed by atoms with Crippen LogP contribution in [0.15, 0.2) is 41.3 Å². The second kappa shape index (κ2) is 7.12. The minimum Gasteiger partial charge on any atom is -0.495 e. The molecule has 2 aromatic carbocycles. The summed E-state index contributed by atoms with van der Waals surface area (Å²) in [6, 6.07) is 7.46. The fourth-order valence-corrected chi connectivity index (χ4v) is 4.05. The maximum Gasteiger partial charge on any atom is 0.501 e. The molecule has 0 N–H and O–H groups in total. The predicted octanol–water partition coefficient (Wildman–Crippen LogP) is 3.89. The third-order valence-corrected chi connectivity index (χ3v) is 6.24. The van der Waals surface area contributed by atoms with Gasteiger partial charge in [0.1, 0.15) is 5.75 Å². The summed E-state index contributed by atoms with van der Waals surface area (Å²) in [5.74, 6) is 0.103. The molecule has 0 bridgehead atoms. The lowest BCUT2D eigenvalue weighted by atomic mass is 9.95. The van der Waals surface area contributed by atoms with Gasteiger partial charge in [-0.05, 0) is 61.2 Å². The summed E-state index contributed by atoms with van der Waals surface area (Å²) in [6.07, 6.45) is 1.51. The third kappa shape index (κ3) is 3.34. The number of alkyl halides is 3. The molecule has 1 amide bonds. The summed E-state index contributed by atoms with van der Waals surface area (Å²) in [5, 5.41) is 0. The molecule has 1 aliphatic heterocycles. The van der Waals surface area contributed by atoms with E-state index in [0.29, 0.717) is 18.0 Å². The second-order valence-electron chi connectivity index (χ2n) is 6.45. The smallest absolute Gasteiger partial charge is 0.495 e. The Morgan fingerprint density at radius 2 is 1.75 bits per heavy atom. The van der Waals surface area contributed by atoms with Crippen LogP contribution in [-0.4, -0.2) is 33.5 Å². The Morgan fingerprint density at radius 1 is 1.11 bits per heavy atom. The Labute approximate surface area is 160 Å². The van der Waals surface area contributed by atoms with Gasteiger partial charge in [0.15, 0.2) is 0 Å². The first kappa shape index (κ1) is 20.2. The lowest BCUT2D eigenvalue weighted by Gasteiger charge is -2.32. The molecule has 0 aliphatic carbocycles. The molecule has 0 saturated heterocycles. The van der Waals surface area contributed by atoms with Crippen LogP contribution < -0.4 is 9.64 Å². The summed E-state index contributed by atoms with van der Waals surface area (Å²) in [4.78, 5) is 13.6. The number of anilines is 1. The number of methoxy groups -OCH3 is 1. The Morgan fingerprint density at radius 3 is 2.32 bits per heavy atom. The summed E-state index contributed by atoms with van der Waals surface area (Å²) in [7, 11) is -3.95. The Kier molecular flexibility index (Phi) is 5.14. The van der Waals surface area contributed by atoms with Crippen molar-refractivity contribution in [1.82, 2.24) is 0 Å². The number of halogens is 3. The highest BCUT2D eigenvalue weighted by atomic mass is 32.2. The monoisotopic (exact) mass is 413 g/mol. The van der Waals surface area contributed by atoms with Crippen molar-refractivity contribution in [2.75, 3.05) is 18.6 Å². The van der Waals surface area contributed by atoms with E-state index in [1.165, 1.54) is 12.0 Å². The molecule has 0 unspecified atom stereocenters. The molecule has 1 heterocycles. The van der Waals surface area contributed by atoms with E-state index in [1.807, 2.05) is 13.0 Å². The molecule has 2 aromatic rings. The Bertz CT molecular complexity index is 1010. The average molecular weight is 413 g/mol. The zero-order chi connectivity index (χ0) is 20.7. The van der Waals surface area contributed by atoms with Crippen LogP contribution in [0.4, 0.5) is 18.9 Å². The molecule has 28 heavy (non-hydrogen) atoms. The first-order valence-corrected chi connectivity index (χ1v) is 9.96. The van der Waals surface area contributed by atoms with Gasteiger partial charge in [0.2, 0.25) is 0 Å². The number of rotatable bonds is 3. The molecular formula is C19H18F3NO4S. The summed E-state index contributed by atoms with van der Waals surface area (Å²) in [5.41, 5.74) is -2.66. The van der Waals surface area contributed by atoms with E-state index >= 15 is 0 Å². The zero-order valence-electron chi connectivity index (χ0n) is 15.2. The van der Waals surface area contributed by atoms with Gasteiger partial charge in [-0.1, -0.05) is 6.07 Å². The maximum absolute atomic E-state index is 13.0. The SMILES string of the molecule is COc1ccc(C)c2c1N(C(=O)c1ccc(S(=O)(=O)C(F)(F)F)cc1)CCC2. The van der Waals surface area contributed by atoms with Crippen molar-refractivity contribution in [2.45, 2.75) is 30.2 Å². The van der Waals surface area contributed by atoms with Gasteiger partial charge in [0.25, 0.3) is 15.7 Å². The average Bonchev–Trinajstić information content (AvgIpc) is 2.67. The highest BCUT2D eigenvalue weighted by Crippen LogP contribution is 2.39. The molecule has 5 nitrogen and oxygen atoms in total. The van der Waals surface area contributed by atoms with E-state index in [-0.39, 0.29) is 5.56 Å². The van der Waals surface area contributed by atoms with Crippen molar-refractivity contribution >= 4 is 21.4 Å². The molecule has 150 valence electrons. The number of hydrogen-bond acceptors (Lipinski definition) is 4. The second-order valence-corrected chi connectivity index (χ2v) is 8.39. The van der Waals surface area contributed by atoms with E-state index in [9.17, 15) is 26.4 Å². The highest BCUT2D eigenvalue weighted by molar-refractivity contribution is 7.92. The van der Waals surface area contributed by atoms with Crippen molar-refractivity contribution < 1.29 is 31.1 Å². The maximum atomic E-state index is 13.0. The summed E-state index contributed by atoms with van der Waals surface area (Å²) >= 11 is 0. The van der Waals surface area contributed by atoms with Crippen LogP contribution in [0.2, 0.25) is 0 Å². The largest absolute Gasteiger partial charge is 0.501 e. The molecule has 0 atom stereocenters. The molecule has 0 radical (unpaired) electrons. The van der Waals surface area contributed by atoms with E-state index in [1.54, 1.807) is 6.07 Å². The topological polar surface area (TPSA) is 63.7 Å². The number of nitrogens with zero attached hydrogens (tertiary/aromatic N) is 1. The van der Waals surface area contributed by atoms with Gasteiger partial charge >= 0.3 is 5.51 Å². The van der Waals surface area contributed by atoms with Crippen LogP contribution in [0.1, 0.15) is 27.9 Å². The molecule has 9 heteroatoms. The number of ether oxygens (including phenoxy) is 1. The van der Waals surface area contributed by atoms with E-state index in [4.69, 9.17) is 4.74 Å². The lowest BCUT2D eigenvalue weighted by Crippen LogP contribution is -2.36. The van der Waals surface area contributed by atoms with Crippen molar-refractivity contribution in [3.63, 3.8) is 0 Å². The van der Waals surface area contributed by atoms with Crippen LogP contribution in [-0.2, 0) is 16.3 Å². The normalized spacial score (nSPS) is 14.5. The van der Waals surface area contributed by atoms with Gasteiger partial charge in [-0.3, -0.25) is 4.79 Å². The number of amides is 1. The van der Waals surface area contributed by atoms with Crippen LogP contribution in [0.25, 0.3) is 0 Å². The van der Waals surface area contributed by atoms with E-state index in [2.05, 4.69) is 0 Å². The minimum absolute atomic E-state index is 0.0949. The molecular weight excluding hydrogens is 395 g/mol. The number of hydrogen-bond donors (Lipinski definition) is 0. The Balaban J connectivity index is 1.98. The minimum atomic E-state index is -5.45. The zero-order valence-corrected chi connectivity index (χ0v) is 16.0. The first-order chi connectivity index (χ1) is 13.1. The van der Waals surface area contributed by atoms with Crippen molar-refractivity contribution in [3.8, 4) is 5.75 Å². The summed E-state index contributed by atoms with van der Waals surface area (Å²) < 4.78 is 66.4. The number of carbonyl (C=O) groups excluding carboxylic acids is 1. The predicted molar refractivity (Wildman–Crippen MR) is 97.4 cm³/mol. The van der Waals surface area contributed by atoms with Crippen LogP contribution in [0.5, 0.6) is 5.75 Å². The van der Waals surface area contributed by atoms with Crippen LogP contribution in [0.3, 0.4) is 0 Å². The van der Waals surface area contributed by atoms with Crippen molar-refractivity contribution in [3.05, 3.63) is 53.1 Å². The fraction of sp³-hybridized carbons (Fsp3) is 0.316. The molecule has 0 saturated carbocycles. The van der Waals surface area contributed by atoms with E-state index in [0.717, 1.165) is 48.2 Å². The fourth-order valence-electron chi connectivity index (χ4n) is 3.29. The van der Waals surface area contributed by atoms with Crippen LogP contribution >= 0.6 is 0 Å². The molecule has 0 aromatic heterocycles. The molecule has 0 spiro atoms. The molecule has 3 rings (SSSR count). The van der Waals surface area contributed by atoms with Crippen molar-refractivity contribution in [1.29, 1.82) is 0 Å². The van der Waals surface area contributed by atoms with Gasteiger partial charge in [-0.2, -0.15) is 13.2 Å². The van der Waals surface area contributed by atoms with Gasteiger partial charge in [0.05, 0.1) is 17.7 Å². The van der Waals surface area contributed by atoms with Gasteiger partial charge in [-0.25, -0.2) is 8.42 Å². The van der Waals surface area contributed by atoms with Gasteiger partial charge in [0, 0.05) is 12.1 Å².